The van der Waals surface area contributed by atoms with Crippen molar-refractivity contribution in [2.45, 2.75) is 26.5 Å². The average molecular weight is 390 g/mol. The summed E-state index contributed by atoms with van der Waals surface area (Å²) in [6.07, 6.45) is 3.53. The van der Waals surface area contributed by atoms with Gasteiger partial charge in [-0.3, -0.25) is 4.79 Å². The molecule has 0 fully saturated rings. The Hall–Kier alpha value is -3.74. The molecule has 3 aromatic rings. The quantitative estimate of drug-likeness (QED) is 0.494. The summed E-state index contributed by atoms with van der Waals surface area (Å²) >= 11 is 0. The molecule has 0 spiro atoms. The molecule has 1 heterocycles. The van der Waals surface area contributed by atoms with Crippen LogP contribution in [0.3, 0.4) is 0 Å². The molecule has 1 amide bonds. The fourth-order valence-corrected chi connectivity index (χ4v) is 2.54. The van der Waals surface area contributed by atoms with Crippen molar-refractivity contribution in [1.82, 2.24) is 15.0 Å². The van der Waals surface area contributed by atoms with Gasteiger partial charge in [-0.05, 0) is 37.6 Å². The second-order valence-corrected chi connectivity index (χ2v) is 6.59. The number of ether oxygens (including phenoxy) is 1. The van der Waals surface area contributed by atoms with Crippen LogP contribution in [-0.4, -0.2) is 33.0 Å². The summed E-state index contributed by atoms with van der Waals surface area (Å²) in [5, 5.41) is 10.7. The molecule has 0 bridgehead atoms. The van der Waals surface area contributed by atoms with E-state index in [4.69, 9.17) is 4.74 Å². The molecule has 3 rings (SSSR count). The van der Waals surface area contributed by atoms with Crippen LogP contribution in [0.25, 0.3) is 6.08 Å². The van der Waals surface area contributed by atoms with Gasteiger partial charge in [-0.2, -0.15) is 0 Å². The summed E-state index contributed by atoms with van der Waals surface area (Å²) in [7, 11) is 0. The Morgan fingerprint density at radius 3 is 2.59 bits per heavy atom. The zero-order valence-electron chi connectivity index (χ0n) is 16.3. The number of esters is 1. The first-order valence-corrected chi connectivity index (χ1v) is 9.20. The molecule has 7 heteroatoms. The van der Waals surface area contributed by atoms with Crippen molar-refractivity contribution in [2.75, 3.05) is 5.32 Å². The van der Waals surface area contributed by atoms with Crippen LogP contribution in [0.1, 0.15) is 23.7 Å². The molecule has 0 aliphatic heterocycles. The van der Waals surface area contributed by atoms with E-state index in [2.05, 4.69) is 15.6 Å². The van der Waals surface area contributed by atoms with Crippen LogP contribution in [0.2, 0.25) is 0 Å². The van der Waals surface area contributed by atoms with E-state index in [1.807, 2.05) is 49.4 Å². The van der Waals surface area contributed by atoms with Crippen molar-refractivity contribution >= 4 is 23.6 Å². The number of aryl methyl sites for hydroxylation is 1. The molecule has 1 N–H and O–H groups in total. The lowest BCUT2D eigenvalue weighted by molar-refractivity contribution is -0.148. The molecule has 1 atom stereocenters. The zero-order chi connectivity index (χ0) is 20.6. The standard InChI is InChI=1S/C22H22N4O3/c1-16-8-10-19(11-9-16)23-22(28)17(2)29-21(27)13-12-20-15-26(25-24-20)14-18-6-4-3-5-7-18/h3-13,15,17H,14H2,1-2H3,(H,23,28)/b13-12+/t17-/m1/s1. The van der Waals surface area contributed by atoms with Gasteiger partial charge in [0.15, 0.2) is 6.10 Å². The first kappa shape index (κ1) is 20.0. The van der Waals surface area contributed by atoms with Crippen molar-refractivity contribution in [3.05, 3.63) is 83.7 Å². The van der Waals surface area contributed by atoms with E-state index in [1.165, 1.54) is 19.1 Å². The molecule has 0 radical (unpaired) electrons. The average Bonchev–Trinajstić information content (AvgIpc) is 3.16. The van der Waals surface area contributed by atoms with Crippen LogP contribution in [0.4, 0.5) is 5.69 Å². The van der Waals surface area contributed by atoms with Crippen LogP contribution >= 0.6 is 0 Å². The maximum absolute atomic E-state index is 12.1. The third kappa shape index (κ3) is 6.14. The zero-order valence-corrected chi connectivity index (χ0v) is 16.3. The number of nitrogens with one attached hydrogen (secondary N) is 1. The van der Waals surface area contributed by atoms with E-state index in [0.29, 0.717) is 17.9 Å². The normalized spacial score (nSPS) is 11.9. The van der Waals surface area contributed by atoms with Crippen LogP contribution in [0, 0.1) is 6.92 Å². The van der Waals surface area contributed by atoms with E-state index >= 15 is 0 Å². The first-order valence-electron chi connectivity index (χ1n) is 9.20. The van der Waals surface area contributed by atoms with Gasteiger partial charge in [-0.25, -0.2) is 9.48 Å². The third-order valence-electron chi connectivity index (χ3n) is 4.12. The van der Waals surface area contributed by atoms with Gasteiger partial charge in [0.2, 0.25) is 0 Å². The van der Waals surface area contributed by atoms with Gasteiger partial charge in [-0.1, -0.05) is 53.2 Å². The van der Waals surface area contributed by atoms with Crippen molar-refractivity contribution in [3.63, 3.8) is 0 Å². The molecule has 0 saturated heterocycles. The SMILES string of the molecule is Cc1ccc(NC(=O)[C@@H](C)OC(=O)/C=C/c2cn(Cc3ccccc3)nn2)cc1. The van der Waals surface area contributed by atoms with Crippen molar-refractivity contribution in [3.8, 4) is 0 Å². The van der Waals surface area contributed by atoms with Gasteiger partial charge in [0.25, 0.3) is 5.91 Å². The molecule has 2 aromatic carbocycles. The Labute approximate surface area is 169 Å². The molecule has 0 aliphatic carbocycles. The van der Waals surface area contributed by atoms with E-state index in [1.54, 1.807) is 23.0 Å². The van der Waals surface area contributed by atoms with E-state index < -0.39 is 18.0 Å². The molecule has 0 unspecified atom stereocenters. The first-order chi connectivity index (χ1) is 14.0. The minimum Gasteiger partial charge on any atom is -0.449 e. The smallest absolute Gasteiger partial charge is 0.331 e. The number of aromatic nitrogens is 3. The maximum atomic E-state index is 12.1. The maximum Gasteiger partial charge on any atom is 0.331 e. The molecule has 0 saturated carbocycles. The summed E-state index contributed by atoms with van der Waals surface area (Å²) < 4.78 is 6.82. The number of carbonyl (C=O) groups excluding carboxylic acids is 2. The van der Waals surface area contributed by atoms with Crippen LogP contribution in [0.15, 0.2) is 66.9 Å². The Balaban J connectivity index is 1.50. The Kier molecular flexibility index (Phi) is 6.52. The summed E-state index contributed by atoms with van der Waals surface area (Å²) in [5.74, 6) is -1.03. The van der Waals surface area contributed by atoms with E-state index in [0.717, 1.165) is 11.1 Å². The molecular weight excluding hydrogens is 368 g/mol. The minimum absolute atomic E-state index is 0.399. The predicted octanol–water partition coefficient (Wildman–Crippen LogP) is 3.22. The van der Waals surface area contributed by atoms with Gasteiger partial charge in [-0.15, -0.1) is 5.10 Å². The summed E-state index contributed by atoms with van der Waals surface area (Å²) in [6, 6.07) is 17.2. The highest BCUT2D eigenvalue weighted by atomic mass is 16.5. The number of carbonyl (C=O) groups is 2. The minimum atomic E-state index is -0.929. The van der Waals surface area contributed by atoms with Crippen molar-refractivity contribution in [2.24, 2.45) is 0 Å². The van der Waals surface area contributed by atoms with E-state index in [-0.39, 0.29) is 0 Å². The second-order valence-electron chi connectivity index (χ2n) is 6.59. The highest BCUT2D eigenvalue weighted by Gasteiger charge is 2.16. The lowest BCUT2D eigenvalue weighted by Gasteiger charge is -2.12. The van der Waals surface area contributed by atoms with Gasteiger partial charge < -0.3 is 10.1 Å². The van der Waals surface area contributed by atoms with Crippen LogP contribution in [0.5, 0.6) is 0 Å². The lowest BCUT2D eigenvalue weighted by Crippen LogP contribution is -2.29. The highest BCUT2D eigenvalue weighted by molar-refractivity contribution is 5.96. The van der Waals surface area contributed by atoms with E-state index in [9.17, 15) is 9.59 Å². The number of rotatable bonds is 7. The molecule has 1 aromatic heterocycles. The fraction of sp³-hybridized carbons (Fsp3) is 0.182. The molecule has 148 valence electrons. The number of nitrogens with zero attached hydrogens (tertiary/aromatic N) is 3. The monoisotopic (exact) mass is 390 g/mol. The van der Waals surface area contributed by atoms with Gasteiger partial charge in [0.05, 0.1) is 12.7 Å². The van der Waals surface area contributed by atoms with Gasteiger partial charge in [0.1, 0.15) is 5.69 Å². The number of amides is 1. The number of anilines is 1. The van der Waals surface area contributed by atoms with Crippen LogP contribution < -0.4 is 5.32 Å². The summed E-state index contributed by atoms with van der Waals surface area (Å²) in [4.78, 5) is 24.1. The molecule has 29 heavy (non-hydrogen) atoms. The Bertz CT molecular complexity index is 994. The fourth-order valence-electron chi connectivity index (χ4n) is 2.54. The van der Waals surface area contributed by atoms with Crippen molar-refractivity contribution in [1.29, 1.82) is 0 Å². The van der Waals surface area contributed by atoms with Gasteiger partial charge in [0, 0.05) is 11.8 Å². The molecule has 0 aliphatic rings. The lowest BCUT2D eigenvalue weighted by atomic mass is 10.2. The topological polar surface area (TPSA) is 86.1 Å². The molecule has 7 nitrogen and oxygen atoms in total. The molecular formula is C22H22N4O3. The second kappa shape index (κ2) is 9.45. The predicted molar refractivity (Wildman–Crippen MR) is 110 cm³/mol. The number of hydrogen-bond acceptors (Lipinski definition) is 5. The Morgan fingerprint density at radius 1 is 1.14 bits per heavy atom. The largest absolute Gasteiger partial charge is 0.449 e. The summed E-state index contributed by atoms with van der Waals surface area (Å²) in [6.45, 7) is 4.07. The summed E-state index contributed by atoms with van der Waals surface area (Å²) in [5.41, 5.74) is 3.36. The Morgan fingerprint density at radius 2 is 1.86 bits per heavy atom. The van der Waals surface area contributed by atoms with Crippen LogP contribution in [-0.2, 0) is 20.9 Å². The third-order valence-corrected chi connectivity index (χ3v) is 4.12. The van der Waals surface area contributed by atoms with Gasteiger partial charge >= 0.3 is 5.97 Å². The highest BCUT2D eigenvalue weighted by Crippen LogP contribution is 2.10. The number of benzene rings is 2. The van der Waals surface area contributed by atoms with Crippen molar-refractivity contribution < 1.29 is 14.3 Å². The number of hydrogen-bond donors (Lipinski definition) is 1.